The fourth-order valence-corrected chi connectivity index (χ4v) is 1.69. The maximum atomic E-state index is 12.1. The summed E-state index contributed by atoms with van der Waals surface area (Å²) in [4.78, 5) is 16.0. The van der Waals surface area contributed by atoms with Gasteiger partial charge in [-0.15, -0.1) is 0 Å². The van der Waals surface area contributed by atoms with Gasteiger partial charge < -0.3 is 5.73 Å². The van der Waals surface area contributed by atoms with E-state index in [9.17, 15) is 4.79 Å². The Bertz CT molecular complexity index is 603. The molecule has 0 unspecified atom stereocenters. The van der Waals surface area contributed by atoms with Crippen LogP contribution in [0.15, 0.2) is 18.5 Å². The topological polar surface area (TPSA) is 85.8 Å². The van der Waals surface area contributed by atoms with Crippen molar-refractivity contribution in [2.45, 2.75) is 13.8 Å². The van der Waals surface area contributed by atoms with Crippen LogP contribution in [0.5, 0.6) is 0 Å². The first-order valence-electron chi connectivity index (χ1n) is 5.51. The van der Waals surface area contributed by atoms with E-state index in [0.29, 0.717) is 17.2 Å². The van der Waals surface area contributed by atoms with Gasteiger partial charge in [-0.3, -0.25) is 10.1 Å². The molecule has 0 saturated carbocycles. The van der Waals surface area contributed by atoms with Gasteiger partial charge in [0.15, 0.2) is 0 Å². The Morgan fingerprint density at radius 1 is 1.33 bits per heavy atom. The average Bonchev–Trinajstić information content (AvgIpc) is 2.69. The predicted octanol–water partition coefficient (Wildman–Crippen LogP) is 1.27. The van der Waals surface area contributed by atoms with Gasteiger partial charge in [-0.1, -0.05) is 6.07 Å². The molecule has 1 aromatic heterocycles. The van der Waals surface area contributed by atoms with Gasteiger partial charge in [0.05, 0.1) is 0 Å². The van der Waals surface area contributed by atoms with Crippen LogP contribution in [0.2, 0.25) is 0 Å². The van der Waals surface area contributed by atoms with Crippen molar-refractivity contribution in [3.8, 4) is 0 Å². The van der Waals surface area contributed by atoms with Gasteiger partial charge in [0.1, 0.15) is 6.33 Å². The first-order valence-corrected chi connectivity index (χ1v) is 5.51. The molecule has 2 rings (SSSR count). The van der Waals surface area contributed by atoms with E-state index in [1.54, 1.807) is 13.1 Å². The summed E-state index contributed by atoms with van der Waals surface area (Å²) < 4.78 is 1.49. The van der Waals surface area contributed by atoms with Crippen molar-refractivity contribution in [1.82, 2.24) is 14.8 Å². The molecule has 1 heterocycles. The van der Waals surface area contributed by atoms with Crippen LogP contribution in [0.1, 0.15) is 21.5 Å². The Balaban J connectivity index is 2.30. The molecular formula is C12H15N5O. The maximum absolute atomic E-state index is 12.1. The predicted molar refractivity (Wildman–Crippen MR) is 69.3 cm³/mol. The fourth-order valence-electron chi connectivity index (χ4n) is 1.69. The minimum atomic E-state index is -0.240. The van der Waals surface area contributed by atoms with Crippen molar-refractivity contribution in [2.24, 2.45) is 7.05 Å². The highest BCUT2D eigenvalue weighted by atomic mass is 16.1. The van der Waals surface area contributed by atoms with Crippen molar-refractivity contribution >= 4 is 17.5 Å². The molecule has 0 fully saturated rings. The molecule has 0 saturated heterocycles. The third-order valence-electron chi connectivity index (χ3n) is 2.79. The molecule has 3 N–H and O–H groups in total. The first kappa shape index (κ1) is 12.1. The molecule has 0 bridgehead atoms. The minimum Gasteiger partial charge on any atom is -0.398 e. The molecular weight excluding hydrogens is 230 g/mol. The molecule has 0 aliphatic rings. The standard InChI is InChI=1S/C12H15N5O/c1-7-4-8(2)10(13)5-9(7)11(18)16-12-14-6-15-17(12)3/h4-6H,13H2,1-3H3,(H,14,15,16,18). The highest BCUT2D eigenvalue weighted by Gasteiger charge is 2.13. The highest BCUT2D eigenvalue weighted by molar-refractivity contribution is 6.05. The van der Waals surface area contributed by atoms with Gasteiger partial charge in [0.2, 0.25) is 5.95 Å². The second-order valence-electron chi connectivity index (χ2n) is 4.19. The number of nitrogens with zero attached hydrogens (tertiary/aromatic N) is 3. The third-order valence-corrected chi connectivity index (χ3v) is 2.79. The number of carbonyl (C=O) groups is 1. The molecule has 6 heteroatoms. The van der Waals surface area contributed by atoms with Crippen LogP contribution in [0.25, 0.3) is 0 Å². The lowest BCUT2D eigenvalue weighted by Gasteiger charge is -2.09. The number of benzene rings is 1. The number of aromatic nitrogens is 3. The molecule has 2 aromatic rings. The second-order valence-corrected chi connectivity index (χ2v) is 4.19. The van der Waals surface area contributed by atoms with Crippen LogP contribution in [-0.4, -0.2) is 20.7 Å². The molecule has 6 nitrogen and oxygen atoms in total. The SMILES string of the molecule is Cc1cc(C)c(C(=O)Nc2ncnn2C)cc1N. The van der Waals surface area contributed by atoms with Gasteiger partial charge in [-0.2, -0.15) is 10.1 Å². The van der Waals surface area contributed by atoms with Gasteiger partial charge in [-0.05, 0) is 31.0 Å². The normalized spacial score (nSPS) is 10.4. The van der Waals surface area contributed by atoms with Crippen molar-refractivity contribution < 1.29 is 4.79 Å². The summed E-state index contributed by atoms with van der Waals surface area (Å²) in [5.74, 6) is 0.161. The zero-order valence-electron chi connectivity index (χ0n) is 10.6. The van der Waals surface area contributed by atoms with E-state index < -0.39 is 0 Å². The zero-order valence-corrected chi connectivity index (χ0v) is 10.6. The lowest BCUT2D eigenvalue weighted by molar-refractivity contribution is 0.102. The summed E-state index contributed by atoms with van der Waals surface area (Å²) >= 11 is 0. The van der Waals surface area contributed by atoms with E-state index in [4.69, 9.17) is 5.73 Å². The van der Waals surface area contributed by atoms with Gasteiger partial charge in [0.25, 0.3) is 5.91 Å². The van der Waals surface area contributed by atoms with Crippen LogP contribution >= 0.6 is 0 Å². The number of amides is 1. The molecule has 1 aromatic carbocycles. The number of carbonyl (C=O) groups excluding carboxylic acids is 1. The van der Waals surface area contributed by atoms with Crippen LogP contribution in [0.3, 0.4) is 0 Å². The van der Waals surface area contributed by atoms with E-state index in [-0.39, 0.29) is 5.91 Å². The van der Waals surface area contributed by atoms with Crippen LogP contribution in [-0.2, 0) is 7.05 Å². The maximum Gasteiger partial charge on any atom is 0.258 e. The molecule has 0 atom stereocenters. The molecule has 0 aliphatic heterocycles. The molecule has 0 spiro atoms. The van der Waals surface area contributed by atoms with Crippen molar-refractivity contribution in [3.63, 3.8) is 0 Å². The largest absolute Gasteiger partial charge is 0.398 e. The zero-order chi connectivity index (χ0) is 13.3. The first-order chi connectivity index (χ1) is 8.49. The Morgan fingerprint density at radius 2 is 2.06 bits per heavy atom. The van der Waals surface area contributed by atoms with Crippen molar-refractivity contribution in [3.05, 3.63) is 35.2 Å². The number of rotatable bonds is 2. The van der Waals surface area contributed by atoms with Gasteiger partial charge in [0, 0.05) is 18.3 Å². The summed E-state index contributed by atoms with van der Waals surface area (Å²) in [6, 6.07) is 3.57. The Morgan fingerprint density at radius 3 is 2.67 bits per heavy atom. The summed E-state index contributed by atoms with van der Waals surface area (Å²) in [5.41, 5.74) is 8.80. The highest BCUT2D eigenvalue weighted by Crippen LogP contribution is 2.18. The molecule has 0 aliphatic carbocycles. The Labute approximate surface area is 105 Å². The molecule has 94 valence electrons. The summed E-state index contributed by atoms with van der Waals surface area (Å²) in [5, 5.41) is 6.57. The van der Waals surface area contributed by atoms with Crippen LogP contribution < -0.4 is 11.1 Å². The van der Waals surface area contributed by atoms with E-state index in [0.717, 1.165) is 11.1 Å². The summed E-state index contributed by atoms with van der Waals surface area (Å²) in [6.45, 7) is 3.78. The Kier molecular flexibility index (Phi) is 3.01. The number of nitrogen functional groups attached to an aromatic ring is 1. The molecule has 0 radical (unpaired) electrons. The number of hydrogen-bond donors (Lipinski definition) is 2. The average molecular weight is 245 g/mol. The molecule has 18 heavy (non-hydrogen) atoms. The van der Waals surface area contributed by atoms with Crippen molar-refractivity contribution in [2.75, 3.05) is 11.1 Å². The fraction of sp³-hybridized carbons (Fsp3) is 0.250. The number of aryl methyl sites for hydroxylation is 3. The smallest absolute Gasteiger partial charge is 0.258 e. The van der Waals surface area contributed by atoms with E-state index >= 15 is 0 Å². The van der Waals surface area contributed by atoms with E-state index in [1.807, 2.05) is 19.9 Å². The Hall–Kier alpha value is -2.37. The van der Waals surface area contributed by atoms with E-state index in [2.05, 4.69) is 15.4 Å². The van der Waals surface area contributed by atoms with Gasteiger partial charge >= 0.3 is 0 Å². The summed E-state index contributed by atoms with van der Waals surface area (Å²) in [7, 11) is 1.71. The lowest BCUT2D eigenvalue weighted by atomic mass is 10.0. The van der Waals surface area contributed by atoms with Gasteiger partial charge in [-0.25, -0.2) is 4.68 Å². The number of nitrogens with one attached hydrogen (secondary N) is 1. The quantitative estimate of drug-likeness (QED) is 0.780. The van der Waals surface area contributed by atoms with Crippen molar-refractivity contribution in [1.29, 1.82) is 0 Å². The van der Waals surface area contributed by atoms with Crippen LogP contribution in [0, 0.1) is 13.8 Å². The number of anilines is 2. The second kappa shape index (κ2) is 4.48. The number of nitrogens with two attached hydrogens (primary N) is 1. The number of hydrogen-bond acceptors (Lipinski definition) is 4. The van der Waals surface area contributed by atoms with E-state index in [1.165, 1.54) is 11.0 Å². The van der Waals surface area contributed by atoms with Crippen LogP contribution in [0.4, 0.5) is 11.6 Å². The minimum absolute atomic E-state index is 0.240. The molecule has 1 amide bonds. The monoisotopic (exact) mass is 245 g/mol. The summed E-state index contributed by atoms with van der Waals surface area (Å²) in [6.07, 6.45) is 1.38. The lowest BCUT2D eigenvalue weighted by Crippen LogP contribution is -2.17. The third kappa shape index (κ3) is 2.17.